The van der Waals surface area contributed by atoms with Crippen molar-refractivity contribution >= 4 is 5.97 Å². The van der Waals surface area contributed by atoms with E-state index in [4.69, 9.17) is 6.11 Å². The zero-order valence-electron chi connectivity index (χ0n) is 7.68. The third-order valence-corrected chi connectivity index (χ3v) is 1.86. The number of carbonyl (C=O) groups excluding carboxylic acids is 1. The van der Waals surface area contributed by atoms with E-state index in [0.717, 1.165) is 0 Å². The van der Waals surface area contributed by atoms with Crippen molar-refractivity contribution in [3.8, 4) is 0 Å². The Bertz CT molecular complexity index is 171. The molecule has 2 atom stereocenters. The van der Waals surface area contributed by atoms with Gasteiger partial charge in [-0.1, -0.05) is 20.8 Å². The normalized spacial score (nSPS) is 35.5. The first-order chi connectivity index (χ1) is 4.91. The summed E-state index contributed by atoms with van der Waals surface area (Å²) >= 11 is 0. The molecule has 0 amide bonds. The van der Waals surface area contributed by atoms with Crippen LogP contribution in [0.1, 0.15) is 28.6 Å². The van der Waals surface area contributed by atoms with Gasteiger partial charge in [-0.05, 0) is 11.8 Å². The Morgan fingerprint density at radius 2 is 2.30 bits per heavy atom. The summed E-state index contributed by atoms with van der Waals surface area (Å²) in [6.07, 6.45) is 0.544. The summed E-state index contributed by atoms with van der Waals surface area (Å²) < 4.78 is 12.0. The fraction of sp³-hybridized carbons (Fsp3) is 0.875. The number of hydrogen-bond acceptors (Lipinski definition) is 2. The lowest BCUT2D eigenvalue weighted by molar-refractivity contribution is -0.143. The molecule has 0 aromatic rings. The van der Waals surface area contributed by atoms with Gasteiger partial charge in [-0.3, -0.25) is 4.79 Å². The van der Waals surface area contributed by atoms with Crippen LogP contribution in [0, 0.1) is 11.3 Å². The average molecular weight is 143 g/mol. The van der Waals surface area contributed by atoms with Gasteiger partial charge in [-0.15, -0.1) is 0 Å². The van der Waals surface area contributed by atoms with Gasteiger partial charge in [-0.25, -0.2) is 0 Å². The quantitative estimate of drug-likeness (QED) is 0.481. The van der Waals surface area contributed by atoms with Crippen molar-refractivity contribution in [1.29, 1.82) is 0 Å². The Labute approximate surface area is 63.0 Å². The van der Waals surface area contributed by atoms with Crippen molar-refractivity contribution in [3.05, 3.63) is 0 Å². The van der Waals surface area contributed by atoms with E-state index >= 15 is 0 Å². The maximum Gasteiger partial charge on any atom is 0.309 e. The zero-order chi connectivity index (χ0) is 8.65. The summed E-state index contributed by atoms with van der Waals surface area (Å²) in [6, 6.07) is 0. The fourth-order valence-corrected chi connectivity index (χ4v) is 1.11. The SMILES string of the molecule is [2H]C1CC(C(C)(C)C)C(=O)O1. The second kappa shape index (κ2) is 2.26. The minimum absolute atomic E-state index is 0.0626. The molecule has 1 fully saturated rings. The predicted molar refractivity (Wildman–Crippen MR) is 38.5 cm³/mol. The molecule has 0 spiro atoms. The summed E-state index contributed by atoms with van der Waals surface area (Å²) in [4.78, 5) is 11.1. The predicted octanol–water partition coefficient (Wildman–Crippen LogP) is 1.60. The third kappa shape index (κ3) is 1.31. The lowest BCUT2D eigenvalue weighted by atomic mass is 9.80. The highest BCUT2D eigenvalue weighted by Gasteiger charge is 2.36. The summed E-state index contributed by atoms with van der Waals surface area (Å²) in [5, 5.41) is 0. The molecule has 1 rings (SSSR count). The number of rotatable bonds is 0. The number of ether oxygens (including phenoxy) is 1. The van der Waals surface area contributed by atoms with Crippen LogP contribution in [0.25, 0.3) is 0 Å². The van der Waals surface area contributed by atoms with Gasteiger partial charge in [0.15, 0.2) is 0 Å². The second-order valence-electron chi connectivity index (χ2n) is 3.76. The number of cyclic esters (lactones) is 1. The van der Waals surface area contributed by atoms with E-state index < -0.39 is 6.58 Å². The van der Waals surface area contributed by atoms with Gasteiger partial charge in [0.2, 0.25) is 0 Å². The number of esters is 1. The molecule has 0 radical (unpaired) electrons. The molecular formula is C8H14O2. The largest absolute Gasteiger partial charge is 0.465 e. The highest BCUT2D eigenvalue weighted by molar-refractivity contribution is 5.74. The molecular weight excluding hydrogens is 128 g/mol. The third-order valence-electron chi connectivity index (χ3n) is 1.86. The minimum Gasteiger partial charge on any atom is -0.465 e. The highest BCUT2D eigenvalue weighted by atomic mass is 16.5. The van der Waals surface area contributed by atoms with Crippen molar-refractivity contribution in [3.63, 3.8) is 0 Å². The van der Waals surface area contributed by atoms with Gasteiger partial charge in [0.05, 0.1) is 13.9 Å². The summed E-state index contributed by atoms with van der Waals surface area (Å²) in [7, 11) is 0. The molecule has 0 aliphatic carbocycles. The summed E-state index contributed by atoms with van der Waals surface area (Å²) in [5.74, 6) is -0.303. The monoisotopic (exact) mass is 143 g/mol. The average Bonchev–Trinajstić information content (AvgIpc) is 2.08. The van der Waals surface area contributed by atoms with Crippen molar-refractivity contribution < 1.29 is 10.9 Å². The number of carbonyl (C=O) groups is 1. The van der Waals surface area contributed by atoms with Gasteiger partial charge in [0, 0.05) is 0 Å². The summed E-state index contributed by atoms with van der Waals surface area (Å²) in [5.41, 5.74) is -0.0626. The van der Waals surface area contributed by atoms with Crippen LogP contribution in [0.2, 0.25) is 0 Å². The Morgan fingerprint density at radius 1 is 1.70 bits per heavy atom. The maximum atomic E-state index is 11.1. The first kappa shape index (κ1) is 6.20. The van der Waals surface area contributed by atoms with E-state index in [0.29, 0.717) is 6.42 Å². The van der Waals surface area contributed by atoms with E-state index in [1.54, 1.807) is 0 Å². The van der Waals surface area contributed by atoms with Gasteiger partial charge in [0.25, 0.3) is 0 Å². The van der Waals surface area contributed by atoms with Crippen LogP contribution in [0.3, 0.4) is 0 Å². The molecule has 10 heavy (non-hydrogen) atoms. The second-order valence-corrected chi connectivity index (χ2v) is 3.76. The Kier molecular flexibility index (Phi) is 1.40. The first-order valence-electron chi connectivity index (χ1n) is 4.12. The van der Waals surface area contributed by atoms with Crippen molar-refractivity contribution in [2.24, 2.45) is 11.3 Å². The molecule has 2 heteroatoms. The van der Waals surface area contributed by atoms with Crippen molar-refractivity contribution in [2.45, 2.75) is 27.2 Å². The van der Waals surface area contributed by atoms with Crippen LogP contribution in [0.4, 0.5) is 0 Å². The van der Waals surface area contributed by atoms with Gasteiger partial charge in [0.1, 0.15) is 0 Å². The topological polar surface area (TPSA) is 26.3 Å². The lowest BCUT2D eigenvalue weighted by Crippen LogP contribution is -2.24. The van der Waals surface area contributed by atoms with E-state index in [1.807, 2.05) is 20.8 Å². The van der Waals surface area contributed by atoms with Crippen LogP contribution >= 0.6 is 0 Å². The Morgan fingerprint density at radius 3 is 2.50 bits per heavy atom. The van der Waals surface area contributed by atoms with Crippen LogP contribution in [-0.2, 0) is 9.53 Å². The van der Waals surface area contributed by atoms with Gasteiger partial charge in [-0.2, -0.15) is 0 Å². The van der Waals surface area contributed by atoms with Crippen molar-refractivity contribution in [2.75, 3.05) is 6.58 Å². The van der Waals surface area contributed by atoms with Crippen LogP contribution in [-0.4, -0.2) is 12.6 Å². The molecule has 0 aromatic heterocycles. The standard InChI is InChI=1S/C8H14O2/c1-8(2,3)6-4-5-10-7(6)9/h6H,4-5H2,1-3H3/i5D. The number of hydrogen-bond donors (Lipinski definition) is 0. The van der Waals surface area contributed by atoms with Crippen LogP contribution in [0.5, 0.6) is 0 Å². The summed E-state index contributed by atoms with van der Waals surface area (Å²) in [6.45, 7) is 5.36. The fourth-order valence-electron chi connectivity index (χ4n) is 1.11. The smallest absolute Gasteiger partial charge is 0.309 e. The molecule has 1 heterocycles. The lowest BCUT2D eigenvalue weighted by Gasteiger charge is -2.22. The minimum atomic E-state index is -0.633. The molecule has 2 unspecified atom stereocenters. The Hall–Kier alpha value is -0.530. The molecule has 2 nitrogen and oxygen atoms in total. The molecule has 1 aliphatic heterocycles. The highest BCUT2D eigenvalue weighted by Crippen LogP contribution is 2.32. The molecule has 0 saturated carbocycles. The van der Waals surface area contributed by atoms with E-state index in [1.165, 1.54) is 0 Å². The van der Waals surface area contributed by atoms with Crippen LogP contribution < -0.4 is 0 Å². The Balaban J connectivity index is 2.68. The molecule has 0 bridgehead atoms. The van der Waals surface area contributed by atoms with Crippen LogP contribution in [0.15, 0.2) is 0 Å². The van der Waals surface area contributed by atoms with Crippen molar-refractivity contribution in [1.82, 2.24) is 0 Å². The maximum absolute atomic E-state index is 11.1. The molecule has 1 aliphatic rings. The van der Waals surface area contributed by atoms with Gasteiger partial charge < -0.3 is 4.74 Å². The van der Waals surface area contributed by atoms with E-state index in [9.17, 15) is 4.79 Å². The molecule has 58 valence electrons. The van der Waals surface area contributed by atoms with Gasteiger partial charge >= 0.3 is 5.97 Å². The van der Waals surface area contributed by atoms with E-state index in [2.05, 4.69) is 0 Å². The molecule has 0 aromatic carbocycles. The molecule has 0 N–H and O–H groups in total. The zero-order valence-corrected chi connectivity index (χ0v) is 6.68. The van der Waals surface area contributed by atoms with E-state index in [-0.39, 0.29) is 17.3 Å². The molecule has 1 saturated heterocycles. The first-order valence-corrected chi connectivity index (χ1v) is 3.54.